The summed E-state index contributed by atoms with van der Waals surface area (Å²) in [6.07, 6.45) is 2.87. The van der Waals surface area contributed by atoms with Gasteiger partial charge in [0.1, 0.15) is 5.75 Å². The highest BCUT2D eigenvalue weighted by atomic mass is 32.2. The van der Waals surface area contributed by atoms with Gasteiger partial charge >= 0.3 is 0 Å². The molecular formula is C20H23N3O4S. The van der Waals surface area contributed by atoms with Gasteiger partial charge in [-0.15, -0.1) is 0 Å². The highest BCUT2D eigenvalue weighted by molar-refractivity contribution is 7.92. The fraction of sp³-hybridized carbons (Fsp3) is 0.250. The van der Waals surface area contributed by atoms with Crippen LogP contribution in [-0.2, 0) is 21.2 Å². The maximum atomic E-state index is 12.3. The maximum absolute atomic E-state index is 12.3. The molecule has 2 aromatic carbocycles. The fourth-order valence-electron chi connectivity index (χ4n) is 2.90. The van der Waals surface area contributed by atoms with E-state index in [1.165, 1.54) is 7.11 Å². The van der Waals surface area contributed by atoms with Gasteiger partial charge in [0.15, 0.2) is 0 Å². The van der Waals surface area contributed by atoms with Crippen LogP contribution in [0.3, 0.4) is 0 Å². The summed E-state index contributed by atoms with van der Waals surface area (Å²) in [5.41, 5.74) is 3.02. The fourth-order valence-corrected chi connectivity index (χ4v) is 3.55. The number of carbonyl (C=O) groups is 1. The molecule has 7 nitrogen and oxygen atoms in total. The number of amides is 1. The molecule has 0 aliphatic heterocycles. The van der Waals surface area contributed by atoms with Crippen LogP contribution in [0.1, 0.15) is 18.9 Å². The van der Waals surface area contributed by atoms with E-state index in [2.05, 4.69) is 15.0 Å². The predicted molar refractivity (Wildman–Crippen MR) is 111 cm³/mol. The lowest BCUT2D eigenvalue weighted by Crippen LogP contribution is -2.16. The summed E-state index contributed by atoms with van der Waals surface area (Å²) in [6.45, 7) is 1.55. The summed E-state index contributed by atoms with van der Waals surface area (Å²) in [4.78, 5) is 15.5. The number of hydrogen-bond acceptors (Lipinski definition) is 4. The van der Waals surface area contributed by atoms with Gasteiger partial charge in [0, 0.05) is 35.3 Å². The Morgan fingerprint density at radius 2 is 1.96 bits per heavy atom. The molecule has 1 amide bonds. The van der Waals surface area contributed by atoms with E-state index in [9.17, 15) is 13.2 Å². The molecule has 3 rings (SSSR count). The highest BCUT2D eigenvalue weighted by Gasteiger charge is 2.13. The van der Waals surface area contributed by atoms with E-state index in [1.54, 1.807) is 25.1 Å². The Kier molecular flexibility index (Phi) is 5.89. The van der Waals surface area contributed by atoms with Crippen LogP contribution in [0.25, 0.3) is 10.9 Å². The number of aromatic nitrogens is 1. The molecule has 28 heavy (non-hydrogen) atoms. The van der Waals surface area contributed by atoms with Crippen LogP contribution in [-0.4, -0.2) is 32.2 Å². The van der Waals surface area contributed by atoms with Crippen molar-refractivity contribution in [1.29, 1.82) is 0 Å². The minimum Gasteiger partial charge on any atom is -0.494 e. The van der Waals surface area contributed by atoms with Crippen LogP contribution < -0.4 is 14.8 Å². The molecule has 0 saturated carbocycles. The number of fused-ring (bicyclic) bond motifs is 1. The number of H-pyrrole nitrogens is 1. The Hall–Kier alpha value is -3.00. The van der Waals surface area contributed by atoms with Crippen molar-refractivity contribution in [3.8, 4) is 5.75 Å². The van der Waals surface area contributed by atoms with E-state index in [4.69, 9.17) is 4.74 Å². The number of sulfonamides is 1. The first-order chi connectivity index (χ1) is 13.4. The van der Waals surface area contributed by atoms with Crippen molar-refractivity contribution in [1.82, 2.24) is 4.98 Å². The molecule has 3 N–H and O–H groups in total. The first-order valence-corrected chi connectivity index (χ1v) is 10.6. The second-order valence-electron chi connectivity index (χ2n) is 6.33. The number of rotatable bonds is 8. The highest BCUT2D eigenvalue weighted by Crippen LogP contribution is 2.29. The Bertz CT molecular complexity index is 1090. The van der Waals surface area contributed by atoms with Crippen LogP contribution in [0.2, 0.25) is 0 Å². The van der Waals surface area contributed by atoms with Gasteiger partial charge in [-0.3, -0.25) is 9.52 Å². The molecule has 0 atom stereocenters. The first-order valence-electron chi connectivity index (χ1n) is 8.95. The molecule has 1 aromatic heterocycles. The topological polar surface area (TPSA) is 100 Å². The van der Waals surface area contributed by atoms with Crippen LogP contribution in [0.15, 0.2) is 48.7 Å². The number of ether oxygens (including phenoxy) is 1. The largest absolute Gasteiger partial charge is 0.494 e. The summed E-state index contributed by atoms with van der Waals surface area (Å²) in [5.74, 6) is 0.170. The van der Waals surface area contributed by atoms with E-state index >= 15 is 0 Å². The van der Waals surface area contributed by atoms with Crippen molar-refractivity contribution in [3.05, 3.63) is 54.2 Å². The number of nitrogens with one attached hydrogen (secondary N) is 3. The third-order valence-electron chi connectivity index (χ3n) is 4.43. The Morgan fingerprint density at radius 3 is 2.71 bits per heavy atom. The normalized spacial score (nSPS) is 11.4. The number of aryl methyl sites for hydroxylation is 1. The average molecular weight is 401 g/mol. The third-order valence-corrected chi connectivity index (χ3v) is 5.72. The van der Waals surface area contributed by atoms with Gasteiger partial charge in [0.25, 0.3) is 0 Å². The maximum Gasteiger partial charge on any atom is 0.232 e. The predicted octanol–water partition coefficient (Wildman–Crippen LogP) is 3.51. The minimum absolute atomic E-state index is 0.0392. The van der Waals surface area contributed by atoms with Crippen molar-refractivity contribution in [3.63, 3.8) is 0 Å². The SMILES string of the molecule is CCS(=O)(=O)Nc1ccc(NC(=O)CCc2c[nH]c3ccccc23)cc1OC. The van der Waals surface area contributed by atoms with E-state index in [0.717, 1.165) is 16.5 Å². The quantitative estimate of drug-likeness (QED) is 0.538. The number of anilines is 2. The number of para-hydroxylation sites is 1. The molecule has 0 bridgehead atoms. The Labute approximate surface area is 164 Å². The molecule has 8 heteroatoms. The second-order valence-corrected chi connectivity index (χ2v) is 8.34. The molecule has 0 unspecified atom stereocenters. The molecule has 0 saturated heterocycles. The smallest absolute Gasteiger partial charge is 0.232 e. The van der Waals surface area contributed by atoms with E-state index in [1.807, 2.05) is 30.5 Å². The van der Waals surface area contributed by atoms with Crippen LogP contribution in [0.4, 0.5) is 11.4 Å². The van der Waals surface area contributed by atoms with Gasteiger partial charge in [-0.05, 0) is 37.1 Å². The summed E-state index contributed by atoms with van der Waals surface area (Å²) < 4.78 is 31.2. The average Bonchev–Trinajstić information content (AvgIpc) is 3.10. The monoisotopic (exact) mass is 401 g/mol. The molecule has 0 spiro atoms. The van der Waals surface area contributed by atoms with Gasteiger partial charge in [-0.1, -0.05) is 18.2 Å². The summed E-state index contributed by atoms with van der Waals surface area (Å²) >= 11 is 0. The van der Waals surface area contributed by atoms with Crippen LogP contribution >= 0.6 is 0 Å². The van der Waals surface area contributed by atoms with Crippen molar-refractivity contribution >= 4 is 38.2 Å². The van der Waals surface area contributed by atoms with Crippen molar-refractivity contribution < 1.29 is 17.9 Å². The van der Waals surface area contributed by atoms with Gasteiger partial charge in [0.05, 0.1) is 18.6 Å². The zero-order chi connectivity index (χ0) is 20.1. The van der Waals surface area contributed by atoms with E-state index < -0.39 is 10.0 Å². The van der Waals surface area contributed by atoms with Crippen LogP contribution in [0, 0.1) is 0 Å². The number of hydrogen-bond donors (Lipinski definition) is 3. The number of benzene rings is 2. The van der Waals surface area contributed by atoms with E-state index in [0.29, 0.717) is 30.0 Å². The summed E-state index contributed by atoms with van der Waals surface area (Å²) in [6, 6.07) is 12.8. The standard InChI is InChI=1S/C20H23N3O4S/c1-3-28(25,26)23-18-10-9-15(12-19(18)27-2)22-20(24)11-8-14-13-21-17-7-5-4-6-16(14)17/h4-7,9-10,12-13,21,23H,3,8,11H2,1-2H3,(H,22,24). The lowest BCUT2D eigenvalue weighted by molar-refractivity contribution is -0.116. The minimum atomic E-state index is -3.41. The molecule has 3 aromatic rings. The Morgan fingerprint density at radius 1 is 1.18 bits per heavy atom. The lowest BCUT2D eigenvalue weighted by Gasteiger charge is -2.13. The van der Waals surface area contributed by atoms with Crippen LogP contribution in [0.5, 0.6) is 5.75 Å². The van der Waals surface area contributed by atoms with Gasteiger partial charge in [0.2, 0.25) is 15.9 Å². The summed E-state index contributed by atoms with van der Waals surface area (Å²) in [5, 5.41) is 3.94. The molecule has 0 fully saturated rings. The number of aromatic amines is 1. The zero-order valence-corrected chi connectivity index (χ0v) is 16.6. The lowest BCUT2D eigenvalue weighted by atomic mass is 10.1. The second kappa shape index (κ2) is 8.35. The van der Waals surface area contributed by atoms with Gasteiger partial charge < -0.3 is 15.0 Å². The Balaban J connectivity index is 1.65. The first kappa shape index (κ1) is 19.8. The molecular weight excluding hydrogens is 378 g/mol. The molecule has 0 aliphatic rings. The number of methoxy groups -OCH3 is 1. The van der Waals surface area contributed by atoms with Crippen molar-refractivity contribution in [2.24, 2.45) is 0 Å². The molecule has 0 radical (unpaired) electrons. The number of carbonyl (C=O) groups excluding carboxylic acids is 1. The summed E-state index contributed by atoms with van der Waals surface area (Å²) in [7, 11) is -1.97. The van der Waals surface area contributed by atoms with Gasteiger partial charge in [-0.25, -0.2) is 8.42 Å². The molecule has 148 valence electrons. The van der Waals surface area contributed by atoms with Gasteiger partial charge in [-0.2, -0.15) is 0 Å². The molecule has 1 heterocycles. The van der Waals surface area contributed by atoms with Crippen molar-refractivity contribution in [2.75, 3.05) is 22.9 Å². The molecule has 0 aliphatic carbocycles. The zero-order valence-electron chi connectivity index (χ0n) is 15.8. The third kappa shape index (κ3) is 4.64. The van der Waals surface area contributed by atoms with E-state index in [-0.39, 0.29) is 11.7 Å². The van der Waals surface area contributed by atoms with Crippen molar-refractivity contribution in [2.45, 2.75) is 19.8 Å².